The lowest BCUT2D eigenvalue weighted by molar-refractivity contribution is -0.123. The summed E-state index contributed by atoms with van der Waals surface area (Å²) in [6, 6.07) is 5.41. The zero-order valence-electron chi connectivity index (χ0n) is 16.1. The lowest BCUT2D eigenvalue weighted by Gasteiger charge is -2.12. The van der Waals surface area contributed by atoms with Gasteiger partial charge in [-0.3, -0.25) is 9.59 Å². The molecule has 1 aromatic carbocycles. The number of benzene rings is 1. The van der Waals surface area contributed by atoms with Crippen LogP contribution in [0.25, 0.3) is 0 Å². The van der Waals surface area contributed by atoms with E-state index in [1.54, 1.807) is 6.07 Å². The van der Waals surface area contributed by atoms with Crippen LogP contribution in [0.15, 0.2) is 28.8 Å². The number of ether oxygens (including phenoxy) is 1. The van der Waals surface area contributed by atoms with E-state index < -0.39 is 23.7 Å². The largest absolute Gasteiger partial charge is 0.484 e. The third-order valence-corrected chi connectivity index (χ3v) is 4.21. The highest BCUT2D eigenvalue weighted by molar-refractivity contribution is 6.30. The molecule has 0 saturated carbocycles. The van der Waals surface area contributed by atoms with E-state index in [1.807, 2.05) is 13.8 Å². The molecule has 0 radical (unpaired) electrons. The molecule has 1 unspecified atom stereocenters. The van der Waals surface area contributed by atoms with Crippen LogP contribution in [0.1, 0.15) is 42.4 Å². The average molecular weight is 428 g/mol. The van der Waals surface area contributed by atoms with E-state index in [0.717, 1.165) is 6.07 Å². The molecule has 29 heavy (non-hydrogen) atoms. The molecule has 0 bridgehead atoms. The summed E-state index contributed by atoms with van der Waals surface area (Å²) in [6.45, 7) is 3.70. The van der Waals surface area contributed by atoms with Gasteiger partial charge in [0, 0.05) is 25.2 Å². The molecule has 1 aromatic heterocycles. The molecular weight excluding hydrogens is 405 g/mol. The molecule has 2 amide bonds. The van der Waals surface area contributed by atoms with Crippen LogP contribution < -0.4 is 15.4 Å². The van der Waals surface area contributed by atoms with Crippen molar-refractivity contribution < 1.29 is 28.3 Å². The number of aromatic nitrogens is 1. The van der Waals surface area contributed by atoms with E-state index in [-0.39, 0.29) is 48.6 Å². The fourth-order valence-electron chi connectivity index (χ4n) is 2.21. The number of carbonyl (C=O) groups excluding carboxylic acids is 2. The highest BCUT2D eigenvalue weighted by Crippen LogP contribution is 2.20. The molecule has 1 atom stereocenters. The van der Waals surface area contributed by atoms with Gasteiger partial charge < -0.3 is 25.0 Å². The first-order valence-electron chi connectivity index (χ1n) is 9.03. The Morgan fingerprint density at radius 1 is 1.31 bits per heavy atom. The number of hydrogen-bond acceptors (Lipinski definition) is 6. The molecule has 3 N–H and O–H groups in total. The SMILES string of the molecule is CC(C)c1cc(C(=O)NCCC(O)CNC(=O)COc2ccc(Cl)c(F)c2)on1. The molecule has 0 aliphatic rings. The van der Waals surface area contributed by atoms with Crippen molar-refractivity contribution in [3.63, 3.8) is 0 Å². The van der Waals surface area contributed by atoms with E-state index in [2.05, 4.69) is 15.8 Å². The minimum Gasteiger partial charge on any atom is -0.484 e. The number of hydrogen-bond donors (Lipinski definition) is 3. The van der Waals surface area contributed by atoms with Crippen LogP contribution in [-0.4, -0.2) is 47.9 Å². The third-order valence-electron chi connectivity index (χ3n) is 3.90. The summed E-state index contributed by atoms with van der Waals surface area (Å²) in [5.41, 5.74) is 0.682. The normalized spacial score (nSPS) is 11.9. The van der Waals surface area contributed by atoms with Gasteiger partial charge in [0.05, 0.1) is 16.8 Å². The Bertz CT molecular complexity index is 843. The summed E-state index contributed by atoms with van der Waals surface area (Å²) in [7, 11) is 0. The number of carbonyl (C=O) groups is 2. The quantitative estimate of drug-likeness (QED) is 0.536. The van der Waals surface area contributed by atoms with Crippen LogP contribution in [0.4, 0.5) is 4.39 Å². The number of nitrogens with one attached hydrogen (secondary N) is 2. The standard InChI is InChI=1S/C19H23ClFN3O5/c1-11(2)16-8-17(29-24-16)19(27)22-6-5-12(25)9-23-18(26)10-28-13-3-4-14(20)15(21)7-13/h3-4,7-8,11-12,25H,5-6,9-10H2,1-2H3,(H,22,27)(H,23,26). The van der Waals surface area contributed by atoms with Crippen molar-refractivity contribution in [3.8, 4) is 5.75 Å². The molecule has 0 aliphatic carbocycles. The Labute approximate surface area is 172 Å². The van der Waals surface area contributed by atoms with Crippen molar-refractivity contribution in [1.82, 2.24) is 15.8 Å². The minimum absolute atomic E-state index is 0.0210. The number of halogens is 2. The first-order chi connectivity index (χ1) is 13.8. The number of rotatable bonds is 10. The van der Waals surface area contributed by atoms with E-state index in [1.165, 1.54) is 12.1 Å². The van der Waals surface area contributed by atoms with Gasteiger partial charge in [0.25, 0.3) is 11.8 Å². The first kappa shape index (κ1) is 22.6. The van der Waals surface area contributed by atoms with E-state index >= 15 is 0 Å². The summed E-state index contributed by atoms with van der Waals surface area (Å²) in [4.78, 5) is 23.7. The van der Waals surface area contributed by atoms with E-state index in [4.69, 9.17) is 20.9 Å². The molecule has 1 heterocycles. The maximum absolute atomic E-state index is 13.3. The Morgan fingerprint density at radius 3 is 2.72 bits per heavy atom. The van der Waals surface area contributed by atoms with Gasteiger partial charge >= 0.3 is 0 Å². The number of aliphatic hydroxyl groups excluding tert-OH is 1. The predicted molar refractivity (Wildman–Crippen MR) is 103 cm³/mol. The van der Waals surface area contributed by atoms with Crippen molar-refractivity contribution in [2.45, 2.75) is 32.3 Å². The summed E-state index contributed by atoms with van der Waals surface area (Å²) < 4.78 is 23.4. The van der Waals surface area contributed by atoms with E-state index in [9.17, 15) is 19.1 Å². The molecule has 0 spiro atoms. The predicted octanol–water partition coefficient (Wildman–Crippen LogP) is 2.27. The van der Waals surface area contributed by atoms with Gasteiger partial charge in [-0.1, -0.05) is 30.6 Å². The maximum atomic E-state index is 13.3. The monoisotopic (exact) mass is 427 g/mol. The molecular formula is C19H23ClFN3O5. The molecule has 2 aromatic rings. The van der Waals surface area contributed by atoms with Crippen molar-refractivity contribution in [2.24, 2.45) is 0 Å². The summed E-state index contributed by atoms with van der Waals surface area (Å²) in [6.07, 6.45) is -0.645. The van der Waals surface area contributed by atoms with Crippen LogP contribution in [0.5, 0.6) is 5.75 Å². The maximum Gasteiger partial charge on any atom is 0.289 e. The van der Waals surface area contributed by atoms with Crippen molar-refractivity contribution in [2.75, 3.05) is 19.7 Å². The highest BCUT2D eigenvalue weighted by atomic mass is 35.5. The van der Waals surface area contributed by atoms with Crippen LogP contribution in [0.3, 0.4) is 0 Å². The second-order valence-electron chi connectivity index (χ2n) is 6.64. The van der Waals surface area contributed by atoms with Crippen molar-refractivity contribution in [3.05, 3.63) is 46.6 Å². The lowest BCUT2D eigenvalue weighted by atomic mass is 10.1. The highest BCUT2D eigenvalue weighted by Gasteiger charge is 2.15. The Kier molecular flexibility index (Phi) is 8.41. The molecule has 8 nitrogen and oxygen atoms in total. The van der Waals surface area contributed by atoms with Crippen molar-refractivity contribution >= 4 is 23.4 Å². The number of amides is 2. The Hall–Kier alpha value is -2.65. The van der Waals surface area contributed by atoms with Crippen LogP contribution in [0, 0.1) is 5.82 Å². The molecule has 0 saturated heterocycles. The first-order valence-corrected chi connectivity index (χ1v) is 9.41. The molecule has 10 heteroatoms. The summed E-state index contributed by atoms with van der Waals surface area (Å²) in [5, 5.41) is 18.8. The second-order valence-corrected chi connectivity index (χ2v) is 7.04. The number of aliphatic hydroxyl groups is 1. The van der Waals surface area contributed by atoms with Gasteiger partial charge in [-0.25, -0.2) is 4.39 Å². The smallest absolute Gasteiger partial charge is 0.289 e. The van der Waals surface area contributed by atoms with Crippen LogP contribution in [0.2, 0.25) is 5.02 Å². The third kappa shape index (κ3) is 7.35. The van der Waals surface area contributed by atoms with Crippen molar-refractivity contribution in [1.29, 1.82) is 0 Å². The lowest BCUT2D eigenvalue weighted by Crippen LogP contribution is -2.37. The van der Waals surface area contributed by atoms with E-state index in [0.29, 0.717) is 5.69 Å². The zero-order chi connectivity index (χ0) is 21.4. The van der Waals surface area contributed by atoms with Crippen LogP contribution in [-0.2, 0) is 4.79 Å². The Balaban J connectivity index is 1.63. The fourth-order valence-corrected chi connectivity index (χ4v) is 2.33. The summed E-state index contributed by atoms with van der Waals surface area (Å²) in [5.74, 6) is -1.14. The van der Waals surface area contributed by atoms with Gasteiger partial charge in [-0.15, -0.1) is 0 Å². The molecule has 2 rings (SSSR count). The fraction of sp³-hybridized carbons (Fsp3) is 0.421. The second kappa shape index (κ2) is 10.8. The zero-order valence-corrected chi connectivity index (χ0v) is 16.8. The molecule has 0 fully saturated rings. The molecule has 158 valence electrons. The Morgan fingerprint density at radius 2 is 2.07 bits per heavy atom. The molecule has 0 aliphatic heterocycles. The number of nitrogens with zero attached hydrogens (tertiary/aromatic N) is 1. The average Bonchev–Trinajstić information content (AvgIpc) is 3.18. The minimum atomic E-state index is -0.867. The topological polar surface area (TPSA) is 114 Å². The van der Waals surface area contributed by atoms with Gasteiger partial charge in [-0.05, 0) is 24.5 Å². The van der Waals surface area contributed by atoms with Gasteiger partial charge in [0.15, 0.2) is 6.61 Å². The van der Waals surface area contributed by atoms with Gasteiger partial charge in [0.1, 0.15) is 11.6 Å². The van der Waals surface area contributed by atoms with Crippen LogP contribution >= 0.6 is 11.6 Å². The van der Waals surface area contributed by atoms with Gasteiger partial charge in [0.2, 0.25) is 5.76 Å². The summed E-state index contributed by atoms with van der Waals surface area (Å²) >= 11 is 5.57. The van der Waals surface area contributed by atoms with Gasteiger partial charge in [-0.2, -0.15) is 0 Å².